The number of fused-ring (bicyclic) bond motifs is 1. The molecule has 1 atom stereocenters. The molecule has 1 fully saturated rings. The molecular weight excluding hydrogens is 296 g/mol. The van der Waals surface area contributed by atoms with Crippen molar-refractivity contribution < 1.29 is 9.53 Å². The number of nitrogens with one attached hydrogen (secondary N) is 2. The average molecular weight is 318 g/mol. The summed E-state index contributed by atoms with van der Waals surface area (Å²) in [7, 11) is 0. The maximum atomic E-state index is 12.0. The summed E-state index contributed by atoms with van der Waals surface area (Å²) >= 11 is 0. The van der Waals surface area contributed by atoms with Crippen LogP contribution in [0.5, 0.6) is 0 Å². The zero-order chi connectivity index (χ0) is 16.1. The van der Waals surface area contributed by atoms with Crippen molar-refractivity contribution in [3.05, 3.63) is 30.2 Å². The van der Waals surface area contributed by atoms with Crippen molar-refractivity contribution in [2.45, 2.75) is 19.5 Å². The van der Waals surface area contributed by atoms with Gasteiger partial charge >= 0.3 is 6.03 Å². The zero-order valence-corrected chi connectivity index (χ0v) is 13.2. The third kappa shape index (κ3) is 4.17. The van der Waals surface area contributed by atoms with Gasteiger partial charge in [-0.05, 0) is 19.1 Å². The lowest BCUT2D eigenvalue weighted by Gasteiger charge is -2.29. The van der Waals surface area contributed by atoms with Gasteiger partial charge in [-0.1, -0.05) is 6.07 Å². The number of rotatable bonds is 5. The van der Waals surface area contributed by atoms with E-state index in [1.54, 1.807) is 0 Å². The van der Waals surface area contributed by atoms with Gasteiger partial charge in [0.15, 0.2) is 11.5 Å². The van der Waals surface area contributed by atoms with E-state index in [0.29, 0.717) is 12.4 Å². The molecule has 124 valence electrons. The molecule has 0 spiro atoms. The number of hydrogen-bond donors (Lipinski definition) is 2. The van der Waals surface area contributed by atoms with Crippen molar-refractivity contribution in [3.63, 3.8) is 0 Å². The summed E-state index contributed by atoms with van der Waals surface area (Å²) in [4.78, 5) is 14.3. The lowest BCUT2D eigenvalue weighted by Crippen LogP contribution is -2.48. The monoisotopic (exact) mass is 318 g/mol. The molecule has 3 heterocycles. The first kappa shape index (κ1) is 15.7. The van der Waals surface area contributed by atoms with E-state index in [-0.39, 0.29) is 12.1 Å². The minimum Gasteiger partial charge on any atom is -0.379 e. The lowest BCUT2D eigenvalue weighted by molar-refractivity contribution is 0.0349. The van der Waals surface area contributed by atoms with Crippen molar-refractivity contribution in [1.29, 1.82) is 0 Å². The molecule has 0 aliphatic carbocycles. The average Bonchev–Trinajstić information content (AvgIpc) is 2.97. The molecule has 0 bridgehead atoms. The number of carbonyl (C=O) groups is 1. The highest BCUT2D eigenvalue weighted by molar-refractivity contribution is 5.74. The minimum atomic E-state index is -0.196. The van der Waals surface area contributed by atoms with Crippen LogP contribution in [0, 0.1) is 0 Å². The maximum absolute atomic E-state index is 12.0. The van der Waals surface area contributed by atoms with Crippen LogP contribution in [0.2, 0.25) is 0 Å². The van der Waals surface area contributed by atoms with Gasteiger partial charge in [0.1, 0.15) is 0 Å². The van der Waals surface area contributed by atoms with E-state index in [2.05, 4.69) is 25.7 Å². The summed E-state index contributed by atoms with van der Waals surface area (Å²) in [6, 6.07) is 5.56. The van der Waals surface area contributed by atoms with Crippen LogP contribution < -0.4 is 10.6 Å². The Morgan fingerprint density at radius 1 is 1.35 bits per heavy atom. The van der Waals surface area contributed by atoms with Gasteiger partial charge in [0.2, 0.25) is 0 Å². The van der Waals surface area contributed by atoms with E-state index in [1.165, 1.54) is 0 Å². The van der Waals surface area contributed by atoms with Gasteiger partial charge in [0.25, 0.3) is 0 Å². The highest BCUT2D eigenvalue weighted by Crippen LogP contribution is 2.02. The van der Waals surface area contributed by atoms with Gasteiger partial charge in [-0.3, -0.25) is 9.30 Å². The fourth-order valence-corrected chi connectivity index (χ4v) is 2.66. The number of ether oxygens (including phenoxy) is 1. The van der Waals surface area contributed by atoms with E-state index >= 15 is 0 Å². The minimum absolute atomic E-state index is 0.0724. The van der Waals surface area contributed by atoms with Crippen LogP contribution in [0.3, 0.4) is 0 Å². The topological polar surface area (TPSA) is 83.8 Å². The van der Waals surface area contributed by atoms with Gasteiger partial charge in [-0.2, -0.15) is 0 Å². The molecule has 1 aliphatic heterocycles. The Labute approximate surface area is 134 Å². The number of aromatic nitrogens is 3. The van der Waals surface area contributed by atoms with Gasteiger partial charge in [-0.25, -0.2) is 4.79 Å². The van der Waals surface area contributed by atoms with Gasteiger partial charge in [0.05, 0.1) is 19.8 Å². The summed E-state index contributed by atoms with van der Waals surface area (Å²) in [5, 5.41) is 13.9. The largest absolute Gasteiger partial charge is 0.379 e. The first-order chi connectivity index (χ1) is 11.2. The smallest absolute Gasteiger partial charge is 0.315 e. The molecule has 1 unspecified atom stereocenters. The van der Waals surface area contributed by atoms with E-state index < -0.39 is 0 Å². The van der Waals surface area contributed by atoms with Crippen LogP contribution in [0.25, 0.3) is 5.65 Å². The second kappa shape index (κ2) is 7.38. The molecule has 8 nitrogen and oxygen atoms in total. The normalized spacial score (nSPS) is 17.1. The standard InChI is InChI=1S/C15H22N6O2/c1-12(11-20-6-8-23-9-7-20)17-15(22)16-10-14-19-18-13-4-2-3-5-21(13)14/h2-5,12H,6-11H2,1H3,(H2,16,17,22). The summed E-state index contributed by atoms with van der Waals surface area (Å²) in [5.41, 5.74) is 0.769. The molecule has 3 rings (SSSR count). The molecular formula is C15H22N6O2. The second-order valence-electron chi connectivity index (χ2n) is 5.69. The lowest BCUT2D eigenvalue weighted by atomic mass is 10.3. The molecule has 0 saturated carbocycles. The molecule has 2 aromatic heterocycles. The number of pyridine rings is 1. The molecule has 0 radical (unpaired) electrons. The van der Waals surface area contributed by atoms with Crippen molar-refractivity contribution in [1.82, 2.24) is 30.1 Å². The molecule has 1 aliphatic rings. The molecule has 23 heavy (non-hydrogen) atoms. The summed E-state index contributed by atoms with van der Waals surface area (Å²) in [5.74, 6) is 0.705. The van der Waals surface area contributed by atoms with Crippen LogP contribution in [0.1, 0.15) is 12.7 Å². The zero-order valence-electron chi connectivity index (χ0n) is 13.2. The molecule has 2 amide bonds. The van der Waals surface area contributed by atoms with Crippen LogP contribution in [-0.2, 0) is 11.3 Å². The molecule has 1 saturated heterocycles. The van der Waals surface area contributed by atoms with Crippen molar-refractivity contribution >= 4 is 11.7 Å². The van der Waals surface area contributed by atoms with Crippen LogP contribution in [-0.4, -0.2) is 64.4 Å². The SMILES string of the molecule is CC(CN1CCOCC1)NC(=O)NCc1nnc2ccccn12. The Morgan fingerprint density at radius 2 is 2.17 bits per heavy atom. The Morgan fingerprint density at radius 3 is 3.00 bits per heavy atom. The Bertz CT molecular complexity index is 652. The Balaban J connectivity index is 1.45. The van der Waals surface area contributed by atoms with E-state index in [9.17, 15) is 4.79 Å². The Hall–Kier alpha value is -2.19. The quantitative estimate of drug-likeness (QED) is 0.825. The number of morpholine rings is 1. The van der Waals surface area contributed by atoms with Crippen molar-refractivity contribution in [3.8, 4) is 0 Å². The molecule has 8 heteroatoms. The predicted octanol–water partition coefficient (Wildman–Crippen LogP) is 0.249. The maximum Gasteiger partial charge on any atom is 0.315 e. The number of amides is 2. The van der Waals surface area contributed by atoms with Crippen molar-refractivity contribution in [2.24, 2.45) is 0 Å². The van der Waals surface area contributed by atoms with E-state index in [4.69, 9.17) is 4.74 Å². The number of urea groups is 1. The predicted molar refractivity (Wildman–Crippen MR) is 85.1 cm³/mol. The Kier molecular flexibility index (Phi) is 5.04. The summed E-state index contributed by atoms with van der Waals surface area (Å²) in [6.07, 6.45) is 1.88. The second-order valence-corrected chi connectivity index (χ2v) is 5.69. The van der Waals surface area contributed by atoms with Gasteiger partial charge in [-0.15, -0.1) is 10.2 Å². The highest BCUT2D eigenvalue weighted by atomic mass is 16.5. The van der Waals surface area contributed by atoms with E-state index in [1.807, 2.05) is 35.7 Å². The number of carbonyl (C=O) groups excluding carboxylic acids is 1. The number of hydrogen-bond acceptors (Lipinski definition) is 5. The van der Waals surface area contributed by atoms with Crippen LogP contribution >= 0.6 is 0 Å². The molecule has 2 N–H and O–H groups in total. The fourth-order valence-electron chi connectivity index (χ4n) is 2.66. The van der Waals surface area contributed by atoms with Crippen LogP contribution in [0.4, 0.5) is 4.79 Å². The number of nitrogens with zero attached hydrogens (tertiary/aromatic N) is 4. The summed E-state index contributed by atoms with van der Waals surface area (Å²) < 4.78 is 7.18. The first-order valence-corrected chi connectivity index (χ1v) is 7.85. The van der Waals surface area contributed by atoms with Gasteiger partial charge < -0.3 is 15.4 Å². The molecule has 0 aromatic carbocycles. The fraction of sp³-hybridized carbons (Fsp3) is 0.533. The van der Waals surface area contributed by atoms with Gasteiger partial charge in [0, 0.05) is 31.9 Å². The van der Waals surface area contributed by atoms with Crippen molar-refractivity contribution in [2.75, 3.05) is 32.8 Å². The third-order valence-corrected chi connectivity index (χ3v) is 3.80. The highest BCUT2D eigenvalue weighted by Gasteiger charge is 2.15. The third-order valence-electron chi connectivity index (χ3n) is 3.80. The molecule has 2 aromatic rings. The summed E-state index contributed by atoms with van der Waals surface area (Å²) in [6.45, 7) is 6.52. The van der Waals surface area contributed by atoms with E-state index in [0.717, 1.165) is 38.5 Å². The van der Waals surface area contributed by atoms with Crippen LogP contribution in [0.15, 0.2) is 24.4 Å². The first-order valence-electron chi connectivity index (χ1n) is 7.85.